The van der Waals surface area contributed by atoms with Crippen molar-refractivity contribution in [3.05, 3.63) is 6.20 Å². The maximum atomic E-state index is 5.63. The van der Waals surface area contributed by atoms with Crippen LogP contribution in [0.25, 0.3) is 11.0 Å². The number of fused-ring (bicyclic) bond motifs is 1. The molecule has 2 aromatic rings. The maximum absolute atomic E-state index is 5.63. The van der Waals surface area contributed by atoms with Crippen molar-refractivity contribution in [1.82, 2.24) is 20.2 Å². The largest absolute Gasteiger partial charge is 0.380 e. The Labute approximate surface area is 112 Å². The van der Waals surface area contributed by atoms with Gasteiger partial charge in [0.25, 0.3) is 0 Å². The van der Waals surface area contributed by atoms with Crippen LogP contribution in [-0.2, 0) is 4.74 Å². The predicted molar refractivity (Wildman–Crippen MR) is 74.9 cm³/mol. The number of ether oxygens (including phenoxy) is 1. The van der Waals surface area contributed by atoms with Gasteiger partial charge in [-0.25, -0.2) is 0 Å². The lowest BCUT2D eigenvalue weighted by atomic mass is 10.1. The van der Waals surface area contributed by atoms with E-state index in [1.165, 1.54) is 0 Å². The van der Waals surface area contributed by atoms with Crippen molar-refractivity contribution in [3.8, 4) is 0 Å². The molecule has 0 radical (unpaired) electrons. The molecule has 0 aromatic carbocycles. The van der Waals surface area contributed by atoms with E-state index in [9.17, 15) is 0 Å². The highest BCUT2D eigenvalue weighted by Gasteiger charge is 2.07. The molecule has 19 heavy (non-hydrogen) atoms. The van der Waals surface area contributed by atoms with Gasteiger partial charge in [-0.1, -0.05) is 13.8 Å². The van der Waals surface area contributed by atoms with E-state index in [4.69, 9.17) is 10.5 Å². The molecular formula is C12H20N6O. The number of hydrogen-bond donors (Lipinski definition) is 3. The van der Waals surface area contributed by atoms with Crippen LogP contribution >= 0.6 is 0 Å². The van der Waals surface area contributed by atoms with Crippen LogP contribution in [0.2, 0.25) is 0 Å². The Bertz CT molecular complexity index is 524. The van der Waals surface area contributed by atoms with E-state index in [1.54, 1.807) is 6.20 Å². The number of nitrogen functional groups attached to an aromatic ring is 1. The molecule has 0 spiro atoms. The molecule has 104 valence electrons. The standard InChI is InChI=1S/C12H20N6O/c1-8(2)3-5-19-6-4-14-10-9-7-15-18-11(9)17-12(13)16-10/h7-8H,3-6H2,1-2H3,(H4,13,14,15,16,17,18). The number of nitrogens with two attached hydrogens (primary N) is 1. The van der Waals surface area contributed by atoms with Crippen LogP contribution in [0.4, 0.5) is 11.8 Å². The van der Waals surface area contributed by atoms with Crippen molar-refractivity contribution in [2.75, 3.05) is 30.8 Å². The van der Waals surface area contributed by atoms with Gasteiger partial charge < -0.3 is 15.8 Å². The van der Waals surface area contributed by atoms with Crippen LogP contribution in [0.15, 0.2) is 6.20 Å². The van der Waals surface area contributed by atoms with Gasteiger partial charge in [-0.05, 0) is 12.3 Å². The number of anilines is 2. The molecule has 0 fully saturated rings. The first-order valence-corrected chi connectivity index (χ1v) is 6.45. The van der Waals surface area contributed by atoms with E-state index < -0.39 is 0 Å². The Hall–Kier alpha value is -1.89. The van der Waals surface area contributed by atoms with E-state index >= 15 is 0 Å². The van der Waals surface area contributed by atoms with E-state index in [0.29, 0.717) is 30.5 Å². The topological polar surface area (TPSA) is 102 Å². The average molecular weight is 264 g/mol. The van der Waals surface area contributed by atoms with Crippen LogP contribution < -0.4 is 11.1 Å². The van der Waals surface area contributed by atoms with Crippen molar-refractivity contribution >= 4 is 22.8 Å². The summed E-state index contributed by atoms with van der Waals surface area (Å²) in [6.45, 7) is 6.46. The number of nitrogens with one attached hydrogen (secondary N) is 2. The number of hydrogen-bond acceptors (Lipinski definition) is 6. The SMILES string of the molecule is CC(C)CCOCCNc1nc(N)nc2[nH]ncc12. The van der Waals surface area contributed by atoms with Crippen LogP contribution in [0, 0.1) is 5.92 Å². The molecule has 2 heterocycles. The summed E-state index contributed by atoms with van der Waals surface area (Å²) >= 11 is 0. The molecule has 7 nitrogen and oxygen atoms in total. The van der Waals surface area contributed by atoms with Crippen molar-refractivity contribution in [2.24, 2.45) is 5.92 Å². The summed E-state index contributed by atoms with van der Waals surface area (Å²) in [5, 5.41) is 10.7. The van der Waals surface area contributed by atoms with E-state index in [0.717, 1.165) is 18.4 Å². The summed E-state index contributed by atoms with van der Waals surface area (Å²) in [7, 11) is 0. The Morgan fingerprint density at radius 1 is 1.37 bits per heavy atom. The number of aromatic amines is 1. The predicted octanol–water partition coefficient (Wildman–Crippen LogP) is 1.41. The molecule has 0 atom stereocenters. The quantitative estimate of drug-likeness (QED) is 0.653. The Morgan fingerprint density at radius 2 is 2.21 bits per heavy atom. The molecule has 0 aliphatic carbocycles. The normalized spacial score (nSPS) is 11.3. The molecular weight excluding hydrogens is 244 g/mol. The first-order valence-electron chi connectivity index (χ1n) is 6.45. The molecule has 0 saturated heterocycles. The van der Waals surface area contributed by atoms with Gasteiger partial charge in [0.05, 0.1) is 18.2 Å². The lowest BCUT2D eigenvalue weighted by Gasteiger charge is -2.08. The number of aromatic nitrogens is 4. The fourth-order valence-electron chi connectivity index (χ4n) is 1.65. The second kappa shape index (κ2) is 6.33. The third-order valence-electron chi connectivity index (χ3n) is 2.71. The fraction of sp³-hybridized carbons (Fsp3) is 0.583. The summed E-state index contributed by atoms with van der Waals surface area (Å²) in [5.41, 5.74) is 6.26. The minimum Gasteiger partial charge on any atom is -0.380 e. The fourth-order valence-corrected chi connectivity index (χ4v) is 1.65. The zero-order valence-corrected chi connectivity index (χ0v) is 11.3. The molecule has 0 aliphatic rings. The molecule has 0 unspecified atom stereocenters. The summed E-state index contributed by atoms with van der Waals surface area (Å²) in [6, 6.07) is 0. The molecule has 0 saturated carbocycles. The number of H-pyrrole nitrogens is 1. The van der Waals surface area contributed by atoms with Crippen LogP contribution in [0.1, 0.15) is 20.3 Å². The highest BCUT2D eigenvalue weighted by atomic mass is 16.5. The first kappa shape index (κ1) is 13.5. The second-order valence-electron chi connectivity index (χ2n) is 4.78. The Morgan fingerprint density at radius 3 is 3.00 bits per heavy atom. The molecule has 2 rings (SSSR count). The van der Waals surface area contributed by atoms with Gasteiger partial charge >= 0.3 is 0 Å². The average Bonchev–Trinajstić information content (AvgIpc) is 2.80. The smallest absolute Gasteiger partial charge is 0.224 e. The Balaban J connectivity index is 1.83. The van der Waals surface area contributed by atoms with E-state index in [-0.39, 0.29) is 5.95 Å². The summed E-state index contributed by atoms with van der Waals surface area (Å²) in [5.74, 6) is 1.57. The molecule has 2 aromatic heterocycles. The monoisotopic (exact) mass is 264 g/mol. The lowest BCUT2D eigenvalue weighted by molar-refractivity contribution is 0.132. The minimum atomic E-state index is 0.222. The van der Waals surface area contributed by atoms with Gasteiger partial charge in [-0.3, -0.25) is 5.10 Å². The van der Waals surface area contributed by atoms with Crippen molar-refractivity contribution in [1.29, 1.82) is 0 Å². The van der Waals surface area contributed by atoms with E-state index in [2.05, 4.69) is 39.3 Å². The van der Waals surface area contributed by atoms with E-state index in [1.807, 2.05) is 0 Å². The lowest BCUT2D eigenvalue weighted by Crippen LogP contribution is -2.12. The first-order chi connectivity index (χ1) is 9.16. The molecule has 7 heteroatoms. The van der Waals surface area contributed by atoms with Crippen LogP contribution in [0.5, 0.6) is 0 Å². The van der Waals surface area contributed by atoms with Crippen LogP contribution in [0.3, 0.4) is 0 Å². The molecule has 0 aliphatic heterocycles. The third kappa shape index (κ3) is 3.78. The van der Waals surface area contributed by atoms with Gasteiger partial charge in [0.1, 0.15) is 5.82 Å². The number of nitrogens with zero attached hydrogens (tertiary/aromatic N) is 3. The second-order valence-corrected chi connectivity index (χ2v) is 4.78. The minimum absolute atomic E-state index is 0.222. The molecule has 0 bridgehead atoms. The van der Waals surface area contributed by atoms with Gasteiger partial charge in [-0.15, -0.1) is 0 Å². The Kier molecular flexibility index (Phi) is 4.51. The maximum Gasteiger partial charge on any atom is 0.224 e. The summed E-state index contributed by atoms with van der Waals surface area (Å²) < 4.78 is 5.53. The molecule has 4 N–H and O–H groups in total. The van der Waals surface area contributed by atoms with Crippen LogP contribution in [-0.4, -0.2) is 39.9 Å². The zero-order chi connectivity index (χ0) is 13.7. The molecule has 0 amide bonds. The van der Waals surface area contributed by atoms with Gasteiger partial charge in [-0.2, -0.15) is 15.1 Å². The summed E-state index contributed by atoms with van der Waals surface area (Å²) in [4.78, 5) is 8.21. The number of rotatable bonds is 7. The highest BCUT2D eigenvalue weighted by Crippen LogP contribution is 2.18. The summed E-state index contributed by atoms with van der Waals surface area (Å²) in [6.07, 6.45) is 2.75. The highest BCUT2D eigenvalue weighted by molar-refractivity contribution is 5.86. The van der Waals surface area contributed by atoms with Gasteiger partial charge in [0, 0.05) is 13.2 Å². The van der Waals surface area contributed by atoms with Crippen molar-refractivity contribution in [2.45, 2.75) is 20.3 Å². The van der Waals surface area contributed by atoms with Crippen molar-refractivity contribution in [3.63, 3.8) is 0 Å². The third-order valence-corrected chi connectivity index (χ3v) is 2.71. The van der Waals surface area contributed by atoms with Gasteiger partial charge in [0.15, 0.2) is 5.65 Å². The van der Waals surface area contributed by atoms with Crippen molar-refractivity contribution < 1.29 is 4.74 Å². The van der Waals surface area contributed by atoms with Gasteiger partial charge in [0.2, 0.25) is 5.95 Å². The zero-order valence-electron chi connectivity index (χ0n) is 11.3.